The van der Waals surface area contributed by atoms with Gasteiger partial charge in [0.15, 0.2) is 0 Å². The summed E-state index contributed by atoms with van der Waals surface area (Å²) >= 11 is 0. The van der Waals surface area contributed by atoms with Gasteiger partial charge in [-0.15, -0.1) is 0 Å². The van der Waals surface area contributed by atoms with Gasteiger partial charge in [0.2, 0.25) is 17.8 Å². The molecule has 1 aromatic heterocycles. The lowest BCUT2D eigenvalue weighted by Gasteiger charge is -2.24. The number of hydrogen-bond acceptors (Lipinski definition) is 3. The Kier molecular flexibility index (Phi) is 7.64. The lowest BCUT2D eigenvalue weighted by atomic mass is 10.1. The first-order chi connectivity index (χ1) is 17.3. The van der Waals surface area contributed by atoms with Crippen LogP contribution >= 0.6 is 0 Å². The van der Waals surface area contributed by atoms with Gasteiger partial charge in [-0.2, -0.15) is 0 Å². The highest BCUT2D eigenvalue weighted by atomic mass is 16.2. The molecule has 184 valence electrons. The Bertz CT molecular complexity index is 1320. The van der Waals surface area contributed by atoms with E-state index in [0.717, 1.165) is 28.1 Å². The average molecular weight is 481 g/mol. The standard InChI is InChI=1S/C30H32N4O2/c1-21(2)29(36)33(18-24-8-6-5-7-9-24)20-28(35)32-30-31-27(25-14-10-22(3)11-15-25)19-34(30)26-16-12-23(4)13-17-26/h5-17,19,21H,18,20H2,1-4H3,(H,31,32,35). The number of carbonyl (C=O) groups is 2. The maximum Gasteiger partial charge on any atom is 0.246 e. The van der Waals surface area contributed by atoms with Gasteiger partial charge in [0, 0.05) is 29.9 Å². The fourth-order valence-corrected chi connectivity index (χ4v) is 3.95. The van der Waals surface area contributed by atoms with E-state index in [1.165, 1.54) is 5.56 Å². The third-order valence-corrected chi connectivity index (χ3v) is 5.97. The number of benzene rings is 3. The molecular formula is C30H32N4O2. The van der Waals surface area contributed by atoms with E-state index in [-0.39, 0.29) is 24.3 Å². The normalized spacial score (nSPS) is 10.9. The number of imidazole rings is 1. The van der Waals surface area contributed by atoms with Crippen molar-refractivity contribution in [3.8, 4) is 16.9 Å². The molecule has 0 bridgehead atoms. The van der Waals surface area contributed by atoms with Crippen LogP contribution in [0.15, 0.2) is 85.1 Å². The maximum atomic E-state index is 13.2. The van der Waals surface area contributed by atoms with Crippen LogP contribution in [0, 0.1) is 19.8 Å². The Morgan fingerprint density at radius 3 is 2.11 bits per heavy atom. The van der Waals surface area contributed by atoms with Crippen molar-refractivity contribution in [1.82, 2.24) is 14.5 Å². The maximum absolute atomic E-state index is 13.2. The molecule has 0 atom stereocenters. The zero-order valence-corrected chi connectivity index (χ0v) is 21.2. The number of nitrogens with one attached hydrogen (secondary N) is 1. The Balaban J connectivity index is 1.61. The number of carbonyl (C=O) groups excluding carboxylic acids is 2. The lowest BCUT2D eigenvalue weighted by molar-refractivity contribution is -0.138. The van der Waals surface area contributed by atoms with Crippen molar-refractivity contribution in [3.63, 3.8) is 0 Å². The van der Waals surface area contributed by atoms with Gasteiger partial charge in [-0.25, -0.2) is 4.98 Å². The molecule has 0 fully saturated rings. The van der Waals surface area contributed by atoms with Crippen molar-refractivity contribution in [2.75, 3.05) is 11.9 Å². The van der Waals surface area contributed by atoms with E-state index in [0.29, 0.717) is 12.5 Å². The number of amides is 2. The van der Waals surface area contributed by atoms with Crippen LogP contribution in [0.2, 0.25) is 0 Å². The minimum absolute atomic E-state index is 0.0630. The zero-order valence-electron chi connectivity index (χ0n) is 21.2. The molecule has 1 heterocycles. The Morgan fingerprint density at radius 2 is 1.50 bits per heavy atom. The Labute approximate surface area is 212 Å². The molecule has 3 aromatic carbocycles. The highest BCUT2D eigenvalue weighted by Crippen LogP contribution is 2.25. The van der Waals surface area contributed by atoms with Crippen molar-refractivity contribution in [2.45, 2.75) is 34.2 Å². The SMILES string of the molecule is Cc1ccc(-c2cn(-c3ccc(C)cc3)c(NC(=O)CN(Cc3ccccc3)C(=O)C(C)C)n2)cc1. The summed E-state index contributed by atoms with van der Waals surface area (Å²) in [6.45, 7) is 8.07. The third kappa shape index (κ3) is 6.08. The second-order valence-corrected chi connectivity index (χ2v) is 9.40. The molecule has 0 aliphatic rings. The number of anilines is 1. The van der Waals surface area contributed by atoms with E-state index in [9.17, 15) is 9.59 Å². The quantitative estimate of drug-likeness (QED) is 0.348. The van der Waals surface area contributed by atoms with Crippen molar-refractivity contribution >= 4 is 17.8 Å². The van der Waals surface area contributed by atoms with Gasteiger partial charge in [0.05, 0.1) is 5.69 Å². The molecule has 6 heteroatoms. The number of aromatic nitrogens is 2. The number of nitrogens with zero attached hydrogens (tertiary/aromatic N) is 3. The summed E-state index contributed by atoms with van der Waals surface area (Å²) in [6, 6.07) is 25.9. The number of hydrogen-bond donors (Lipinski definition) is 1. The summed E-state index contributed by atoms with van der Waals surface area (Å²) in [5.41, 5.74) is 5.89. The summed E-state index contributed by atoms with van der Waals surface area (Å²) in [5.74, 6) is -0.175. The zero-order chi connectivity index (χ0) is 25.7. The van der Waals surface area contributed by atoms with E-state index in [1.807, 2.05) is 117 Å². The van der Waals surface area contributed by atoms with Crippen LogP contribution in [0.1, 0.15) is 30.5 Å². The van der Waals surface area contributed by atoms with Crippen molar-refractivity contribution in [3.05, 3.63) is 102 Å². The third-order valence-electron chi connectivity index (χ3n) is 5.97. The van der Waals surface area contributed by atoms with Crippen molar-refractivity contribution in [1.29, 1.82) is 0 Å². The molecule has 0 spiro atoms. The number of rotatable bonds is 8. The molecule has 1 N–H and O–H groups in total. The summed E-state index contributed by atoms with van der Waals surface area (Å²) in [7, 11) is 0. The molecular weight excluding hydrogens is 448 g/mol. The molecule has 36 heavy (non-hydrogen) atoms. The van der Waals surface area contributed by atoms with Gasteiger partial charge in [-0.1, -0.05) is 91.7 Å². The monoisotopic (exact) mass is 480 g/mol. The molecule has 0 saturated carbocycles. The van der Waals surface area contributed by atoms with E-state index < -0.39 is 0 Å². The van der Waals surface area contributed by atoms with Crippen LogP contribution in [0.5, 0.6) is 0 Å². The molecule has 4 aromatic rings. The summed E-state index contributed by atoms with van der Waals surface area (Å²) < 4.78 is 1.87. The van der Waals surface area contributed by atoms with Gasteiger partial charge in [0.25, 0.3) is 0 Å². The Hall–Kier alpha value is -4.19. The molecule has 0 aliphatic carbocycles. The molecule has 0 radical (unpaired) electrons. The largest absolute Gasteiger partial charge is 0.329 e. The van der Waals surface area contributed by atoms with Crippen LogP contribution in [-0.4, -0.2) is 32.8 Å². The first-order valence-corrected chi connectivity index (χ1v) is 12.2. The predicted octanol–water partition coefficient (Wildman–Crippen LogP) is 5.78. The first kappa shape index (κ1) is 24.9. The van der Waals surface area contributed by atoms with Gasteiger partial charge in [-0.05, 0) is 31.5 Å². The van der Waals surface area contributed by atoms with Crippen LogP contribution in [0.25, 0.3) is 16.9 Å². The van der Waals surface area contributed by atoms with Crippen LogP contribution in [0.3, 0.4) is 0 Å². The van der Waals surface area contributed by atoms with E-state index in [1.54, 1.807) is 4.90 Å². The average Bonchev–Trinajstić information content (AvgIpc) is 3.28. The van der Waals surface area contributed by atoms with Gasteiger partial charge in [0.1, 0.15) is 6.54 Å². The minimum atomic E-state index is -0.297. The van der Waals surface area contributed by atoms with Crippen LogP contribution < -0.4 is 5.32 Å². The van der Waals surface area contributed by atoms with E-state index >= 15 is 0 Å². The minimum Gasteiger partial charge on any atom is -0.329 e. The summed E-state index contributed by atoms with van der Waals surface area (Å²) in [6.07, 6.45) is 1.92. The molecule has 2 amide bonds. The van der Waals surface area contributed by atoms with E-state index in [4.69, 9.17) is 4.98 Å². The highest BCUT2D eigenvalue weighted by molar-refractivity contribution is 5.94. The molecule has 0 aliphatic heterocycles. The Morgan fingerprint density at radius 1 is 0.889 bits per heavy atom. The first-order valence-electron chi connectivity index (χ1n) is 12.2. The second kappa shape index (κ2) is 11.0. The number of aryl methyl sites for hydroxylation is 2. The summed E-state index contributed by atoms with van der Waals surface area (Å²) in [5, 5.41) is 2.95. The van der Waals surface area contributed by atoms with Gasteiger partial charge in [-0.3, -0.25) is 19.5 Å². The second-order valence-electron chi connectivity index (χ2n) is 9.40. The molecule has 0 saturated heterocycles. The molecule has 6 nitrogen and oxygen atoms in total. The van der Waals surface area contributed by atoms with Crippen LogP contribution in [-0.2, 0) is 16.1 Å². The predicted molar refractivity (Wildman–Crippen MR) is 144 cm³/mol. The van der Waals surface area contributed by atoms with Gasteiger partial charge >= 0.3 is 0 Å². The lowest BCUT2D eigenvalue weighted by Crippen LogP contribution is -2.40. The molecule has 0 unspecified atom stereocenters. The fourth-order valence-electron chi connectivity index (χ4n) is 3.95. The topological polar surface area (TPSA) is 67.2 Å². The van der Waals surface area contributed by atoms with Crippen molar-refractivity contribution < 1.29 is 9.59 Å². The smallest absolute Gasteiger partial charge is 0.246 e. The molecule has 4 rings (SSSR count). The fraction of sp³-hybridized carbons (Fsp3) is 0.233. The van der Waals surface area contributed by atoms with Crippen molar-refractivity contribution in [2.24, 2.45) is 5.92 Å². The summed E-state index contributed by atoms with van der Waals surface area (Å²) in [4.78, 5) is 32.4. The highest BCUT2D eigenvalue weighted by Gasteiger charge is 2.22. The van der Waals surface area contributed by atoms with Crippen LogP contribution in [0.4, 0.5) is 5.95 Å². The van der Waals surface area contributed by atoms with Gasteiger partial charge < -0.3 is 4.90 Å². The van der Waals surface area contributed by atoms with E-state index in [2.05, 4.69) is 5.32 Å².